The second kappa shape index (κ2) is 6.27. The summed E-state index contributed by atoms with van der Waals surface area (Å²) in [5, 5.41) is 19.5. The zero-order valence-corrected chi connectivity index (χ0v) is 11.8. The van der Waals surface area contributed by atoms with Crippen LogP contribution in [0.3, 0.4) is 0 Å². The van der Waals surface area contributed by atoms with Gasteiger partial charge in [-0.2, -0.15) is 0 Å². The molecule has 0 heterocycles. The summed E-state index contributed by atoms with van der Waals surface area (Å²) in [5.74, 6) is -2.47. The summed E-state index contributed by atoms with van der Waals surface area (Å²) in [6.45, 7) is 6.62. The number of rotatable bonds is 4. The van der Waals surface area contributed by atoms with Gasteiger partial charge in [0.1, 0.15) is 22.6 Å². The van der Waals surface area contributed by atoms with Crippen molar-refractivity contribution in [2.45, 2.75) is 39.9 Å². The van der Waals surface area contributed by atoms with E-state index in [1.54, 1.807) is 27.7 Å². The first-order chi connectivity index (χ1) is 9.22. The highest BCUT2D eigenvalue weighted by atomic mass is 16.5. The number of phenolic OH excluding ortho intramolecular Hbond substituents is 2. The van der Waals surface area contributed by atoms with Crippen LogP contribution in [0.2, 0.25) is 0 Å². The van der Waals surface area contributed by atoms with Crippen LogP contribution in [-0.4, -0.2) is 34.4 Å². The van der Waals surface area contributed by atoms with E-state index in [9.17, 15) is 19.8 Å². The van der Waals surface area contributed by atoms with Gasteiger partial charge in [0.15, 0.2) is 0 Å². The monoisotopic (exact) mass is 282 g/mol. The SMILES string of the molecule is CC(C)OC(=O)c1cc(O)c(C(=O)OC(C)C)cc1O. The van der Waals surface area contributed by atoms with Crippen molar-refractivity contribution in [3.8, 4) is 11.5 Å². The average molecular weight is 282 g/mol. The van der Waals surface area contributed by atoms with Crippen molar-refractivity contribution < 1.29 is 29.3 Å². The first kappa shape index (κ1) is 15.8. The number of ether oxygens (including phenoxy) is 2. The third-order valence-electron chi connectivity index (χ3n) is 2.24. The molecule has 6 nitrogen and oxygen atoms in total. The van der Waals surface area contributed by atoms with Crippen molar-refractivity contribution in [3.63, 3.8) is 0 Å². The minimum atomic E-state index is -0.781. The molecule has 6 heteroatoms. The highest BCUT2D eigenvalue weighted by Gasteiger charge is 2.21. The Balaban J connectivity index is 3.09. The van der Waals surface area contributed by atoms with Crippen LogP contribution in [0.15, 0.2) is 12.1 Å². The van der Waals surface area contributed by atoms with E-state index in [0.29, 0.717) is 0 Å². The predicted octanol–water partition coefficient (Wildman–Crippen LogP) is 2.23. The van der Waals surface area contributed by atoms with Gasteiger partial charge in [-0.15, -0.1) is 0 Å². The molecule has 0 spiro atoms. The summed E-state index contributed by atoms with van der Waals surface area (Å²) in [5.41, 5.74) is -0.422. The van der Waals surface area contributed by atoms with Gasteiger partial charge in [0, 0.05) is 0 Å². The number of carbonyl (C=O) groups excluding carboxylic acids is 2. The lowest BCUT2D eigenvalue weighted by atomic mass is 10.1. The van der Waals surface area contributed by atoms with Gasteiger partial charge in [0.05, 0.1) is 12.2 Å². The van der Waals surface area contributed by atoms with Gasteiger partial charge >= 0.3 is 11.9 Å². The Morgan fingerprint density at radius 1 is 0.850 bits per heavy atom. The Morgan fingerprint density at radius 2 is 1.15 bits per heavy atom. The molecule has 0 aliphatic carbocycles. The number of hydrogen-bond acceptors (Lipinski definition) is 6. The van der Waals surface area contributed by atoms with Gasteiger partial charge in [-0.1, -0.05) is 0 Å². The molecule has 0 atom stereocenters. The lowest BCUT2D eigenvalue weighted by Gasteiger charge is -2.12. The number of benzene rings is 1. The smallest absolute Gasteiger partial charge is 0.342 e. The molecule has 0 aliphatic heterocycles. The molecule has 0 unspecified atom stereocenters. The Hall–Kier alpha value is -2.24. The topological polar surface area (TPSA) is 93.1 Å². The van der Waals surface area contributed by atoms with E-state index < -0.39 is 23.4 Å². The lowest BCUT2D eigenvalue weighted by Crippen LogP contribution is -2.14. The highest BCUT2D eigenvalue weighted by molar-refractivity contribution is 5.98. The predicted molar refractivity (Wildman–Crippen MR) is 70.9 cm³/mol. The Morgan fingerprint density at radius 3 is 1.40 bits per heavy atom. The second-order valence-corrected chi connectivity index (χ2v) is 4.79. The van der Waals surface area contributed by atoms with Crippen LogP contribution in [0.25, 0.3) is 0 Å². The summed E-state index contributed by atoms with van der Waals surface area (Å²) in [7, 11) is 0. The molecule has 0 saturated carbocycles. The molecule has 0 fully saturated rings. The number of aromatic hydroxyl groups is 2. The van der Waals surface area contributed by atoms with Crippen LogP contribution in [0.1, 0.15) is 48.4 Å². The van der Waals surface area contributed by atoms with Gasteiger partial charge in [-0.25, -0.2) is 9.59 Å². The van der Waals surface area contributed by atoms with Crippen molar-refractivity contribution in [2.24, 2.45) is 0 Å². The molecule has 0 saturated heterocycles. The third-order valence-corrected chi connectivity index (χ3v) is 2.24. The molecule has 110 valence electrons. The van der Waals surface area contributed by atoms with E-state index in [4.69, 9.17) is 9.47 Å². The fourth-order valence-electron chi connectivity index (χ4n) is 1.46. The summed E-state index contributed by atoms with van der Waals surface area (Å²) < 4.78 is 9.82. The lowest BCUT2D eigenvalue weighted by molar-refractivity contribution is 0.0355. The molecule has 1 rings (SSSR count). The fourth-order valence-corrected chi connectivity index (χ4v) is 1.46. The van der Waals surface area contributed by atoms with E-state index in [-0.39, 0.29) is 23.3 Å². The van der Waals surface area contributed by atoms with Crippen LogP contribution >= 0.6 is 0 Å². The minimum Gasteiger partial charge on any atom is -0.507 e. The van der Waals surface area contributed by atoms with E-state index in [0.717, 1.165) is 12.1 Å². The quantitative estimate of drug-likeness (QED) is 0.649. The van der Waals surface area contributed by atoms with Crippen LogP contribution in [0.5, 0.6) is 11.5 Å². The Bertz CT molecular complexity index is 471. The number of esters is 2. The maximum atomic E-state index is 11.7. The molecule has 2 N–H and O–H groups in total. The standard InChI is InChI=1S/C14H18O6/c1-7(2)19-13(17)9-5-12(16)10(6-11(9)15)14(18)20-8(3)4/h5-8,15-16H,1-4H3. The molecule has 0 radical (unpaired) electrons. The Labute approximate surface area is 116 Å². The summed E-state index contributed by atoms with van der Waals surface area (Å²) >= 11 is 0. The van der Waals surface area contributed by atoms with E-state index in [1.165, 1.54) is 0 Å². The highest BCUT2D eigenvalue weighted by Crippen LogP contribution is 2.29. The maximum Gasteiger partial charge on any atom is 0.342 e. The van der Waals surface area contributed by atoms with Crippen molar-refractivity contribution in [3.05, 3.63) is 23.3 Å². The molecule has 0 bridgehead atoms. The van der Waals surface area contributed by atoms with E-state index in [1.807, 2.05) is 0 Å². The zero-order valence-electron chi connectivity index (χ0n) is 11.8. The van der Waals surface area contributed by atoms with Crippen molar-refractivity contribution in [2.75, 3.05) is 0 Å². The first-order valence-corrected chi connectivity index (χ1v) is 6.20. The van der Waals surface area contributed by atoms with Gasteiger partial charge in [0.2, 0.25) is 0 Å². The van der Waals surface area contributed by atoms with E-state index >= 15 is 0 Å². The molecular formula is C14H18O6. The maximum absolute atomic E-state index is 11.7. The average Bonchev–Trinajstić information content (AvgIpc) is 2.29. The fraction of sp³-hybridized carbons (Fsp3) is 0.429. The molecule has 0 aromatic heterocycles. The minimum absolute atomic E-state index is 0.211. The summed E-state index contributed by atoms with van der Waals surface area (Å²) in [6.07, 6.45) is -0.732. The van der Waals surface area contributed by atoms with Gasteiger partial charge in [-0.3, -0.25) is 0 Å². The van der Waals surface area contributed by atoms with Gasteiger partial charge in [-0.05, 0) is 39.8 Å². The molecule has 20 heavy (non-hydrogen) atoms. The number of phenols is 2. The second-order valence-electron chi connectivity index (χ2n) is 4.79. The molecule has 1 aromatic rings. The molecule has 0 aliphatic rings. The number of carbonyl (C=O) groups is 2. The van der Waals surface area contributed by atoms with Crippen LogP contribution in [-0.2, 0) is 9.47 Å². The third kappa shape index (κ3) is 3.88. The van der Waals surface area contributed by atoms with Gasteiger partial charge in [0.25, 0.3) is 0 Å². The normalized spacial score (nSPS) is 10.7. The van der Waals surface area contributed by atoms with Crippen LogP contribution in [0.4, 0.5) is 0 Å². The van der Waals surface area contributed by atoms with Crippen LogP contribution in [0, 0.1) is 0 Å². The zero-order chi connectivity index (χ0) is 15.4. The van der Waals surface area contributed by atoms with Gasteiger partial charge < -0.3 is 19.7 Å². The van der Waals surface area contributed by atoms with E-state index in [2.05, 4.69) is 0 Å². The Kier molecular flexibility index (Phi) is 4.96. The number of hydrogen-bond donors (Lipinski definition) is 2. The molecular weight excluding hydrogens is 264 g/mol. The largest absolute Gasteiger partial charge is 0.507 e. The summed E-state index contributed by atoms with van der Waals surface area (Å²) in [6, 6.07) is 1.97. The molecule has 1 aromatic carbocycles. The van der Waals surface area contributed by atoms with Crippen LogP contribution < -0.4 is 0 Å². The van der Waals surface area contributed by atoms with Crippen molar-refractivity contribution in [1.29, 1.82) is 0 Å². The van der Waals surface area contributed by atoms with Crippen molar-refractivity contribution in [1.82, 2.24) is 0 Å². The first-order valence-electron chi connectivity index (χ1n) is 6.20. The van der Waals surface area contributed by atoms with Crippen molar-refractivity contribution >= 4 is 11.9 Å². The molecule has 0 amide bonds. The summed E-state index contributed by atoms with van der Waals surface area (Å²) in [4.78, 5) is 23.4.